The van der Waals surface area contributed by atoms with E-state index >= 15 is 0 Å². The van der Waals surface area contributed by atoms with Crippen LogP contribution >= 0.6 is 11.6 Å². The summed E-state index contributed by atoms with van der Waals surface area (Å²) < 4.78 is 5.43. The maximum Gasteiger partial charge on any atom is 0.319 e. The van der Waals surface area contributed by atoms with Crippen LogP contribution in [0, 0.1) is 11.3 Å². The van der Waals surface area contributed by atoms with Gasteiger partial charge in [0.1, 0.15) is 0 Å². The zero-order chi connectivity index (χ0) is 20.4. The first-order chi connectivity index (χ1) is 13.2. The molecule has 1 aliphatic carbocycles. The molecular formula is C21H32ClN3O3. The van der Waals surface area contributed by atoms with E-state index in [2.05, 4.69) is 36.3 Å². The van der Waals surface area contributed by atoms with Crippen molar-refractivity contribution in [3.8, 4) is 0 Å². The van der Waals surface area contributed by atoms with E-state index in [1.54, 1.807) is 0 Å². The molecule has 3 rings (SSSR count). The number of hydrogen-bond acceptors (Lipinski definition) is 4. The molecule has 3 N–H and O–H groups in total. The number of ether oxygens (including phenoxy) is 1. The van der Waals surface area contributed by atoms with Crippen LogP contribution in [-0.4, -0.2) is 49.6 Å². The first kappa shape index (κ1) is 21.2. The number of aliphatic hydroxyl groups excluding tert-OH is 1. The van der Waals surface area contributed by atoms with Gasteiger partial charge in [0.25, 0.3) is 0 Å². The van der Waals surface area contributed by atoms with E-state index in [1.165, 1.54) is 0 Å². The standard InChI is InChI=1S/C21H32ClN3O3/c1-15-11-20(2,3)13-21(12-15,14-26)24-19(27)23-17-6-4-5-16(22)18(17)25-7-9-28-10-8-25/h4-6,15,26H,7-14H2,1-3H3,(H2,23,24,27)/t15-,21+/m0/s1. The van der Waals surface area contributed by atoms with Crippen molar-refractivity contribution < 1.29 is 14.6 Å². The summed E-state index contributed by atoms with van der Waals surface area (Å²) in [5.41, 5.74) is 0.951. The molecule has 1 aromatic carbocycles. The Morgan fingerprint density at radius 2 is 2.04 bits per heavy atom. The van der Waals surface area contributed by atoms with Crippen molar-refractivity contribution in [2.24, 2.45) is 11.3 Å². The number of aliphatic hydroxyl groups is 1. The number of benzene rings is 1. The maximum absolute atomic E-state index is 12.9. The van der Waals surface area contributed by atoms with Gasteiger partial charge in [-0.15, -0.1) is 0 Å². The van der Waals surface area contributed by atoms with Crippen LogP contribution in [-0.2, 0) is 4.74 Å². The van der Waals surface area contributed by atoms with Gasteiger partial charge in [-0.25, -0.2) is 4.79 Å². The quantitative estimate of drug-likeness (QED) is 0.705. The molecule has 1 heterocycles. The SMILES string of the molecule is C[C@H]1CC(C)(C)C[C@](CO)(NC(=O)Nc2cccc(Cl)c2N2CCOCC2)C1. The molecule has 2 amide bonds. The Morgan fingerprint density at radius 1 is 1.32 bits per heavy atom. The van der Waals surface area contributed by atoms with E-state index in [1.807, 2.05) is 18.2 Å². The summed E-state index contributed by atoms with van der Waals surface area (Å²) in [5.74, 6) is 0.436. The Labute approximate surface area is 172 Å². The third kappa shape index (κ3) is 4.91. The number of urea groups is 1. The molecular weight excluding hydrogens is 378 g/mol. The summed E-state index contributed by atoms with van der Waals surface area (Å²) in [5, 5.41) is 16.8. The normalized spacial score (nSPS) is 27.3. The first-order valence-electron chi connectivity index (χ1n) is 10.0. The summed E-state index contributed by atoms with van der Waals surface area (Å²) in [6.07, 6.45) is 2.61. The number of carbonyl (C=O) groups is 1. The lowest BCUT2D eigenvalue weighted by Gasteiger charge is -2.47. The second-order valence-corrected chi connectivity index (χ2v) is 9.51. The van der Waals surface area contributed by atoms with E-state index in [0.717, 1.165) is 38.0 Å². The second kappa shape index (κ2) is 8.47. The molecule has 1 aromatic rings. The van der Waals surface area contributed by atoms with Gasteiger partial charge in [0, 0.05) is 13.1 Å². The molecule has 156 valence electrons. The van der Waals surface area contributed by atoms with Crippen LogP contribution < -0.4 is 15.5 Å². The largest absolute Gasteiger partial charge is 0.394 e. The Kier molecular flexibility index (Phi) is 6.42. The highest BCUT2D eigenvalue weighted by Crippen LogP contribution is 2.44. The van der Waals surface area contributed by atoms with Crippen molar-refractivity contribution in [3.05, 3.63) is 23.2 Å². The highest BCUT2D eigenvalue weighted by Gasteiger charge is 2.43. The lowest BCUT2D eigenvalue weighted by Crippen LogP contribution is -2.58. The molecule has 6 nitrogen and oxygen atoms in total. The monoisotopic (exact) mass is 409 g/mol. The highest BCUT2D eigenvalue weighted by atomic mass is 35.5. The molecule has 2 atom stereocenters. The summed E-state index contributed by atoms with van der Waals surface area (Å²) in [6.45, 7) is 9.23. The van der Waals surface area contributed by atoms with Crippen molar-refractivity contribution in [2.45, 2.75) is 45.6 Å². The number of amides is 2. The molecule has 1 saturated heterocycles. The van der Waals surface area contributed by atoms with Crippen LogP contribution in [0.5, 0.6) is 0 Å². The third-order valence-electron chi connectivity index (χ3n) is 5.70. The van der Waals surface area contributed by atoms with Gasteiger partial charge in [0.05, 0.1) is 41.8 Å². The minimum Gasteiger partial charge on any atom is -0.394 e. The van der Waals surface area contributed by atoms with Gasteiger partial charge in [-0.2, -0.15) is 0 Å². The average Bonchev–Trinajstić information content (AvgIpc) is 2.60. The van der Waals surface area contributed by atoms with Crippen molar-refractivity contribution in [1.29, 1.82) is 0 Å². The fraction of sp³-hybridized carbons (Fsp3) is 0.667. The van der Waals surface area contributed by atoms with E-state index in [0.29, 0.717) is 29.8 Å². The first-order valence-corrected chi connectivity index (χ1v) is 10.4. The van der Waals surface area contributed by atoms with Crippen molar-refractivity contribution in [3.63, 3.8) is 0 Å². The number of carbonyl (C=O) groups excluding carboxylic acids is 1. The number of anilines is 2. The van der Waals surface area contributed by atoms with Crippen molar-refractivity contribution >= 4 is 29.0 Å². The van der Waals surface area contributed by atoms with Crippen molar-refractivity contribution in [2.75, 3.05) is 43.1 Å². The molecule has 0 radical (unpaired) electrons. The van der Waals surface area contributed by atoms with E-state index in [9.17, 15) is 9.90 Å². The summed E-state index contributed by atoms with van der Waals surface area (Å²) in [7, 11) is 0. The molecule has 2 fully saturated rings. The van der Waals surface area contributed by atoms with Gasteiger partial charge in [-0.3, -0.25) is 0 Å². The Morgan fingerprint density at radius 3 is 2.68 bits per heavy atom. The Hall–Kier alpha value is -1.50. The van der Waals surface area contributed by atoms with Crippen LogP contribution in [0.3, 0.4) is 0 Å². The smallest absolute Gasteiger partial charge is 0.319 e. The molecule has 7 heteroatoms. The minimum atomic E-state index is -0.608. The number of halogens is 1. The topological polar surface area (TPSA) is 73.8 Å². The molecule has 0 spiro atoms. The van der Waals surface area contributed by atoms with Crippen LogP contribution in [0.25, 0.3) is 0 Å². The van der Waals surface area contributed by atoms with Crippen molar-refractivity contribution in [1.82, 2.24) is 5.32 Å². The molecule has 2 aliphatic rings. The fourth-order valence-electron chi connectivity index (χ4n) is 5.12. The Bertz CT molecular complexity index is 706. The molecule has 1 aliphatic heterocycles. The van der Waals surface area contributed by atoms with Gasteiger partial charge in [0.2, 0.25) is 0 Å². The number of morpholine rings is 1. The van der Waals surface area contributed by atoms with Gasteiger partial charge in [-0.05, 0) is 42.7 Å². The van der Waals surface area contributed by atoms with E-state index in [4.69, 9.17) is 16.3 Å². The lowest BCUT2D eigenvalue weighted by atomic mass is 9.64. The number of nitrogens with zero attached hydrogens (tertiary/aromatic N) is 1. The molecule has 1 saturated carbocycles. The van der Waals surface area contributed by atoms with Crippen LogP contribution in [0.15, 0.2) is 18.2 Å². The molecule has 28 heavy (non-hydrogen) atoms. The number of nitrogens with one attached hydrogen (secondary N) is 2. The van der Waals surface area contributed by atoms with Gasteiger partial charge >= 0.3 is 6.03 Å². The zero-order valence-electron chi connectivity index (χ0n) is 17.1. The maximum atomic E-state index is 12.9. The molecule has 0 unspecified atom stereocenters. The predicted octanol–water partition coefficient (Wildman–Crippen LogP) is 3.88. The number of hydrogen-bond donors (Lipinski definition) is 3. The average molecular weight is 410 g/mol. The van der Waals surface area contributed by atoms with Crippen LogP contribution in [0.2, 0.25) is 5.02 Å². The van der Waals surface area contributed by atoms with Gasteiger partial charge in [0.15, 0.2) is 0 Å². The molecule has 0 aromatic heterocycles. The second-order valence-electron chi connectivity index (χ2n) is 9.11. The van der Waals surface area contributed by atoms with Gasteiger partial charge in [-0.1, -0.05) is 38.4 Å². The predicted molar refractivity (Wildman–Crippen MR) is 113 cm³/mol. The summed E-state index contributed by atoms with van der Waals surface area (Å²) >= 11 is 6.46. The highest BCUT2D eigenvalue weighted by molar-refractivity contribution is 6.34. The summed E-state index contributed by atoms with van der Waals surface area (Å²) in [4.78, 5) is 15.0. The van der Waals surface area contributed by atoms with Crippen LogP contribution in [0.4, 0.5) is 16.2 Å². The van der Waals surface area contributed by atoms with Gasteiger partial charge < -0.3 is 25.4 Å². The van der Waals surface area contributed by atoms with E-state index < -0.39 is 5.54 Å². The van der Waals surface area contributed by atoms with E-state index in [-0.39, 0.29) is 18.1 Å². The minimum absolute atomic E-state index is 0.0694. The Balaban J connectivity index is 1.77. The zero-order valence-corrected chi connectivity index (χ0v) is 17.8. The number of rotatable bonds is 4. The lowest BCUT2D eigenvalue weighted by molar-refractivity contribution is 0.0446. The molecule has 0 bridgehead atoms. The number of para-hydroxylation sites is 1. The summed E-state index contributed by atoms with van der Waals surface area (Å²) in [6, 6.07) is 5.21. The fourth-order valence-corrected chi connectivity index (χ4v) is 5.41. The third-order valence-corrected chi connectivity index (χ3v) is 6.01. The van der Waals surface area contributed by atoms with Crippen LogP contribution in [0.1, 0.15) is 40.0 Å².